The Bertz CT molecular complexity index is 273. The topological polar surface area (TPSA) is 32.3 Å². The van der Waals surface area contributed by atoms with Gasteiger partial charge in [-0.25, -0.2) is 0 Å². The van der Waals surface area contributed by atoms with Crippen LogP contribution >= 0.6 is 34.8 Å². The SMILES string of the molecule is CC(C)CC(=O)N[C@H](N1CCCCC1)C(Cl)(Cl)Cl. The van der Waals surface area contributed by atoms with E-state index in [0.717, 1.165) is 25.9 Å². The van der Waals surface area contributed by atoms with Crippen LogP contribution in [0.5, 0.6) is 0 Å². The molecule has 0 aromatic carbocycles. The van der Waals surface area contributed by atoms with Gasteiger partial charge in [0.25, 0.3) is 0 Å². The summed E-state index contributed by atoms with van der Waals surface area (Å²) in [5, 5.41) is 2.85. The van der Waals surface area contributed by atoms with Gasteiger partial charge in [0.15, 0.2) is 0 Å². The Balaban J connectivity index is 2.63. The lowest BCUT2D eigenvalue weighted by Gasteiger charge is -2.38. The van der Waals surface area contributed by atoms with Crippen LogP contribution in [0.15, 0.2) is 0 Å². The monoisotopic (exact) mass is 314 g/mol. The Hall–Kier alpha value is 0.300. The van der Waals surface area contributed by atoms with Gasteiger partial charge in [0.05, 0.1) is 0 Å². The summed E-state index contributed by atoms with van der Waals surface area (Å²) in [5.41, 5.74) is 0. The van der Waals surface area contributed by atoms with E-state index in [4.69, 9.17) is 34.8 Å². The number of hydrogen-bond acceptors (Lipinski definition) is 2. The predicted molar refractivity (Wildman–Crippen MR) is 77.1 cm³/mol. The van der Waals surface area contributed by atoms with E-state index in [1.54, 1.807) is 0 Å². The lowest BCUT2D eigenvalue weighted by Crippen LogP contribution is -2.56. The number of likely N-dealkylation sites (tertiary alicyclic amines) is 1. The highest BCUT2D eigenvalue weighted by Gasteiger charge is 2.38. The predicted octanol–water partition coefficient (Wildman–Crippen LogP) is 3.33. The van der Waals surface area contributed by atoms with Crippen molar-refractivity contribution in [1.82, 2.24) is 10.2 Å². The van der Waals surface area contributed by atoms with Gasteiger partial charge in [-0.15, -0.1) is 0 Å². The highest BCUT2D eigenvalue weighted by molar-refractivity contribution is 6.68. The number of piperidine rings is 1. The molecule has 6 heteroatoms. The van der Waals surface area contributed by atoms with Crippen molar-refractivity contribution in [1.29, 1.82) is 0 Å². The first-order valence-electron chi connectivity index (χ1n) is 6.41. The van der Waals surface area contributed by atoms with Crippen LogP contribution in [0.2, 0.25) is 0 Å². The van der Waals surface area contributed by atoms with Crippen molar-refractivity contribution in [3.8, 4) is 0 Å². The van der Waals surface area contributed by atoms with Crippen molar-refractivity contribution in [2.75, 3.05) is 13.1 Å². The number of rotatable bonds is 4. The van der Waals surface area contributed by atoms with Crippen molar-refractivity contribution in [2.24, 2.45) is 5.92 Å². The number of halogens is 3. The maximum absolute atomic E-state index is 11.8. The molecular formula is C12H21Cl3N2O. The van der Waals surface area contributed by atoms with Crippen LogP contribution in [-0.2, 0) is 4.79 Å². The summed E-state index contributed by atoms with van der Waals surface area (Å²) in [5.74, 6) is 0.231. The van der Waals surface area contributed by atoms with E-state index < -0.39 is 9.96 Å². The normalized spacial score (nSPS) is 19.9. The third kappa shape index (κ3) is 5.52. The summed E-state index contributed by atoms with van der Waals surface area (Å²) in [6, 6.07) is 0. The quantitative estimate of drug-likeness (QED) is 0.807. The highest BCUT2D eigenvalue weighted by atomic mass is 35.6. The molecule has 18 heavy (non-hydrogen) atoms. The highest BCUT2D eigenvalue weighted by Crippen LogP contribution is 2.33. The second kappa shape index (κ2) is 7.18. The number of alkyl halides is 3. The van der Waals surface area contributed by atoms with Gasteiger partial charge in [-0.2, -0.15) is 0 Å². The number of hydrogen-bond donors (Lipinski definition) is 1. The maximum atomic E-state index is 11.8. The molecule has 1 saturated heterocycles. The molecule has 1 N–H and O–H groups in total. The summed E-state index contributed by atoms with van der Waals surface area (Å²) < 4.78 is -1.50. The molecule has 0 bridgehead atoms. The van der Waals surface area contributed by atoms with E-state index in [1.165, 1.54) is 6.42 Å². The summed E-state index contributed by atoms with van der Waals surface area (Å²) in [6.07, 6.45) is 3.27. The fourth-order valence-electron chi connectivity index (χ4n) is 2.14. The van der Waals surface area contributed by atoms with Crippen molar-refractivity contribution >= 4 is 40.7 Å². The Morgan fingerprint density at radius 2 is 1.78 bits per heavy atom. The van der Waals surface area contributed by atoms with Gasteiger partial charge in [-0.1, -0.05) is 55.1 Å². The molecule has 0 saturated carbocycles. The molecule has 1 fully saturated rings. The van der Waals surface area contributed by atoms with Crippen LogP contribution in [0.3, 0.4) is 0 Å². The third-order valence-corrected chi connectivity index (χ3v) is 3.58. The second-order valence-electron chi connectivity index (χ2n) is 5.21. The number of carbonyl (C=O) groups excluding carboxylic acids is 1. The van der Waals surface area contributed by atoms with Crippen LogP contribution in [0, 0.1) is 5.92 Å². The zero-order valence-corrected chi connectivity index (χ0v) is 13.2. The van der Waals surface area contributed by atoms with Crippen molar-refractivity contribution in [2.45, 2.75) is 49.5 Å². The molecule has 3 nitrogen and oxygen atoms in total. The standard InChI is InChI=1S/C12H21Cl3N2O/c1-9(2)8-10(18)16-11(12(13,14)15)17-6-4-3-5-7-17/h9,11H,3-8H2,1-2H3,(H,16,18)/t11-/m1/s1. The fourth-order valence-corrected chi connectivity index (χ4v) is 2.72. The molecule has 0 radical (unpaired) electrons. The number of nitrogens with one attached hydrogen (secondary N) is 1. The van der Waals surface area contributed by atoms with Gasteiger partial charge >= 0.3 is 0 Å². The Morgan fingerprint density at radius 1 is 1.22 bits per heavy atom. The van der Waals surface area contributed by atoms with Gasteiger partial charge in [0.1, 0.15) is 6.17 Å². The largest absolute Gasteiger partial charge is 0.337 e. The van der Waals surface area contributed by atoms with Crippen LogP contribution < -0.4 is 5.32 Å². The Kier molecular flexibility index (Phi) is 6.52. The molecule has 0 aliphatic carbocycles. The minimum Gasteiger partial charge on any atom is -0.337 e. The van der Waals surface area contributed by atoms with Crippen molar-refractivity contribution in [3.63, 3.8) is 0 Å². The van der Waals surface area contributed by atoms with Crippen LogP contribution in [0.1, 0.15) is 39.5 Å². The van der Waals surface area contributed by atoms with Gasteiger partial charge in [-0.05, 0) is 18.8 Å². The average Bonchev–Trinajstić information content (AvgIpc) is 2.24. The molecule has 0 unspecified atom stereocenters. The van der Waals surface area contributed by atoms with Crippen molar-refractivity contribution in [3.05, 3.63) is 0 Å². The third-order valence-electron chi connectivity index (χ3n) is 2.96. The Morgan fingerprint density at radius 3 is 2.22 bits per heavy atom. The minimum absolute atomic E-state index is 0.0631. The van der Waals surface area contributed by atoms with E-state index >= 15 is 0 Å². The van der Waals surface area contributed by atoms with Gasteiger partial charge in [0, 0.05) is 19.5 Å². The van der Waals surface area contributed by atoms with Crippen LogP contribution in [0.4, 0.5) is 0 Å². The molecule has 1 atom stereocenters. The van der Waals surface area contributed by atoms with Crippen LogP contribution in [0.25, 0.3) is 0 Å². The molecule has 0 aromatic rings. The zero-order valence-electron chi connectivity index (χ0n) is 10.9. The molecule has 106 valence electrons. The van der Waals surface area contributed by atoms with E-state index in [0.29, 0.717) is 12.3 Å². The molecule has 1 aliphatic rings. The number of carbonyl (C=O) groups is 1. The first-order chi connectivity index (χ1) is 8.30. The smallest absolute Gasteiger partial charge is 0.223 e. The fraction of sp³-hybridized carbons (Fsp3) is 0.917. The summed E-state index contributed by atoms with van der Waals surface area (Å²) in [7, 11) is 0. The molecule has 1 aliphatic heterocycles. The molecular weight excluding hydrogens is 295 g/mol. The lowest BCUT2D eigenvalue weighted by atomic mass is 10.1. The first kappa shape index (κ1) is 16.4. The van der Waals surface area contributed by atoms with E-state index in [2.05, 4.69) is 10.2 Å². The summed E-state index contributed by atoms with van der Waals surface area (Å²) in [6.45, 7) is 5.71. The minimum atomic E-state index is -1.50. The van der Waals surface area contributed by atoms with Crippen molar-refractivity contribution < 1.29 is 4.79 Å². The lowest BCUT2D eigenvalue weighted by molar-refractivity contribution is -0.123. The molecule has 1 heterocycles. The average molecular weight is 316 g/mol. The molecule has 1 amide bonds. The summed E-state index contributed by atoms with van der Waals surface area (Å²) in [4.78, 5) is 13.9. The summed E-state index contributed by atoms with van der Waals surface area (Å²) >= 11 is 18.0. The first-order valence-corrected chi connectivity index (χ1v) is 7.54. The molecule has 0 spiro atoms. The van der Waals surface area contributed by atoms with Gasteiger partial charge < -0.3 is 5.32 Å². The van der Waals surface area contributed by atoms with E-state index in [1.807, 2.05) is 13.8 Å². The number of amides is 1. The zero-order chi connectivity index (χ0) is 13.8. The molecule has 1 rings (SSSR count). The second-order valence-corrected chi connectivity index (χ2v) is 7.58. The number of nitrogens with zero attached hydrogens (tertiary/aromatic N) is 1. The van der Waals surface area contributed by atoms with E-state index in [9.17, 15) is 4.79 Å². The van der Waals surface area contributed by atoms with E-state index in [-0.39, 0.29) is 5.91 Å². The van der Waals surface area contributed by atoms with Crippen LogP contribution in [-0.4, -0.2) is 33.9 Å². The Labute approximate surface area is 124 Å². The van der Waals surface area contributed by atoms with Gasteiger partial charge in [0.2, 0.25) is 9.70 Å². The maximum Gasteiger partial charge on any atom is 0.223 e. The van der Waals surface area contributed by atoms with Gasteiger partial charge in [-0.3, -0.25) is 9.69 Å². The molecule has 0 aromatic heterocycles.